The zero-order valence-electron chi connectivity index (χ0n) is 14.4. The highest BCUT2D eigenvalue weighted by Crippen LogP contribution is 2.36. The van der Waals surface area contributed by atoms with E-state index in [2.05, 4.69) is 11.4 Å². The fourth-order valence-corrected chi connectivity index (χ4v) is 3.91. The molecule has 0 bridgehead atoms. The highest BCUT2D eigenvalue weighted by Gasteiger charge is 2.30. The lowest BCUT2D eigenvalue weighted by molar-refractivity contribution is 0.0437. The van der Waals surface area contributed by atoms with Crippen molar-refractivity contribution >= 4 is 23.4 Å². The molecular formula is C22H16N2O2S. The zero-order chi connectivity index (χ0) is 18.6. The quantitative estimate of drug-likeness (QED) is 0.497. The minimum atomic E-state index is -0.481. The number of carbonyl (C=O) groups is 1. The molecule has 0 saturated carbocycles. The first kappa shape index (κ1) is 17.2. The first-order valence-corrected chi connectivity index (χ1v) is 9.50. The van der Waals surface area contributed by atoms with Crippen LogP contribution in [-0.4, -0.2) is 5.97 Å². The number of carbonyl (C=O) groups excluding carboxylic acids is 1. The molecule has 1 unspecified atom stereocenters. The molecule has 0 aliphatic carbocycles. The number of benzene rings is 3. The molecule has 27 heavy (non-hydrogen) atoms. The van der Waals surface area contributed by atoms with E-state index in [0.29, 0.717) is 11.1 Å². The Morgan fingerprint density at radius 1 is 1.00 bits per heavy atom. The van der Waals surface area contributed by atoms with E-state index in [1.54, 1.807) is 17.8 Å². The maximum Gasteiger partial charge on any atom is 0.340 e. The van der Waals surface area contributed by atoms with Crippen LogP contribution in [0.25, 0.3) is 0 Å². The molecule has 5 heteroatoms. The number of nitriles is 1. The summed E-state index contributed by atoms with van der Waals surface area (Å²) in [6.45, 7) is 0. The van der Waals surface area contributed by atoms with Crippen molar-refractivity contribution in [2.75, 3.05) is 5.32 Å². The van der Waals surface area contributed by atoms with Crippen LogP contribution in [0.2, 0.25) is 0 Å². The van der Waals surface area contributed by atoms with E-state index in [0.717, 1.165) is 27.5 Å². The summed E-state index contributed by atoms with van der Waals surface area (Å²) >= 11 is 1.69. The molecule has 4 nitrogen and oxygen atoms in total. The van der Waals surface area contributed by atoms with Gasteiger partial charge in [-0.1, -0.05) is 42.5 Å². The number of esters is 1. The van der Waals surface area contributed by atoms with Gasteiger partial charge in [-0.25, -0.2) is 4.79 Å². The van der Waals surface area contributed by atoms with Gasteiger partial charge in [-0.05, 0) is 35.9 Å². The fraction of sp³-hybridized carbons (Fsp3) is 0.0909. The SMILES string of the molecule is N#Cc1ccc(CSc2ccccc2NC2OC(=O)c3ccccc32)cc1. The van der Waals surface area contributed by atoms with Gasteiger partial charge in [0.25, 0.3) is 0 Å². The average Bonchev–Trinajstić information content (AvgIpc) is 3.03. The number of anilines is 1. The van der Waals surface area contributed by atoms with Crippen molar-refractivity contribution in [3.05, 3.63) is 95.1 Å². The topological polar surface area (TPSA) is 62.1 Å². The van der Waals surface area contributed by atoms with Crippen molar-refractivity contribution in [2.45, 2.75) is 16.9 Å². The zero-order valence-corrected chi connectivity index (χ0v) is 15.2. The predicted octanol–water partition coefficient (Wildman–Crippen LogP) is 5.13. The van der Waals surface area contributed by atoms with Crippen LogP contribution >= 0.6 is 11.8 Å². The number of nitrogens with zero attached hydrogens (tertiary/aromatic N) is 1. The highest BCUT2D eigenvalue weighted by atomic mass is 32.2. The Morgan fingerprint density at radius 3 is 2.56 bits per heavy atom. The Bertz CT molecular complexity index is 1020. The van der Waals surface area contributed by atoms with Crippen molar-refractivity contribution < 1.29 is 9.53 Å². The van der Waals surface area contributed by atoms with Crippen molar-refractivity contribution in [3.8, 4) is 6.07 Å². The number of fused-ring (bicyclic) bond motifs is 1. The summed E-state index contributed by atoms with van der Waals surface area (Å²) in [6.07, 6.45) is -0.481. The largest absolute Gasteiger partial charge is 0.434 e. The Kier molecular flexibility index (Phi) is 4.82. The van der Waals surface area contributed by atoms with Crippen LogP contribution in [0.4, 0.5) is 5.69 Å². The van der Waals surface area contributed by atoms with Gasteiger partial charge in [0.15, 0.2) is 0 Å². The van der Waals surface area contributed by atoms with E-state index in [1.165, 1.54) is 0 Å². The summed E-state index contributed by atoms with van der Waals surface area (Å²) in [6, 6.07) is 25.1. The number of ether oxygens (including phenoxy) is 1. The Morgan fingerprint density at radius 2 is 1.74 bits per heavy atom. The van der Waals surface area contributed by atoms with Gasteiger partial charge in [0.1, 0.15) is 0 Å². The van der Waals surface area contributed by atoms with Gasteiger partial charge >= 0.3 is 5.97 Å². The smallest absolute Gasteiger partial charge is 0.340 e. The third-order valence-electron chi connectivity index (χ3n) is 4.34. The third kappa shape index (κ3) is 3.67. The maximum atomic E-state index is 12.0. The Balaban J connectivity index is 1.50. The van der Waals surface area contributed by atoms with Crippen LogP contribution in [0.3, 0.4) is 0 Å². The minimum absolute atomic E-state index is 0.300. The summed E-state index contributed by atoms with van der Waals surface area (Å²) in [5.74, 6) is 0.483. The highest BCUT2D eigenvalue weighted by molar-refractivity contribution is 7.98. The van der Waals surface area contributed by atoms with E-state index in [1.807, 2.05) is 66.7 Å². The third-order valence-corrected chi connectivity index (χ3v) is 5.48. The monoisotopic (exact) mass is 372 g/mol. The van der Waals surface area contributed by atoms with Crippen molar-refractivity contribution in [1.82, 2.24) is 0 Å². The van der Waals surface area contributed by atoms with Crippen LogP contribution in [0.1, 0.15) is 33.3 Å². The molecule has 1 atom stereocenters. The number of thioether (sulfide) groups is 1. The molecule has 132 valence electrons. The molecule has 0 spiro atoms. The summed E-state index contributed by atoms with van der Waals surface area (Å²) < 4.78 is 5.49. The molecule has 0 amide bonds. The Hall–Kier alpha value is -3.23. The van der Waals surface area contributed by atoms with Crippen LogP contribution < -0.4 is 5.32 Å². The lowest BCUT2D eigenvalue weighted by Gasteiger charge is -2.17. The molecule has 3 aromatic rings. The second kappa shape index (κ2) is 7.56. The standard InChI is InChI=1S/C22H16N2O2S/c23-13-15-9-11-16(12-10-15)14-27-20-8-4-3-7-19(20)24-21-17-5-1-2-6-18(17)22(25)26-21/h1-12,21,24H,14H2. The van der Waals surface area contributed by atoms with Gasteiger partial charge in [0, 0.05) is 16.2 Å². The second-order valence-corrected chi connectivity index (χ2v) is 7.13. The fourth-order valence-electron chi connectivity index (χ4n) is 2.94. The van der Waals surface area contributed by atoms with Crippen LogP contribution in [0.15, 0.2) is 77.7 Å². The number of nitrogens with one attached hydrogen (secondary N) is 1. The number of hydrogen-bond acceptors (Lipinski definition) is 5. The van der Waals surface area contributed by atoms with Crippen molar-refractivity contribution in [2.24, 2.45) is 0 Å². The minimum Gasteiger partial charge on any atom is -0.434 e. The van der Waals surface area contributed by atoms with Gasteiger partial charge in [-0.3, -0.25) is 0 Å². The number of para-hydroxylation sites is 1. The van der Waals surface area contributed by atoms with Gasteiger partial charge < -0.3 is 10.1 Å². The number of cyclic esters (lactones) is 1. The van der Waals surface area contributed by atoms with Crippen molar-refractivity contribution in [1.29, 1.82) is 5.26 Å². The molecular weight excluding hydrogens is 356 g/mol. The van der Waals surface area contributed by atoms with Crippen LogP contribution in [0, 0.1) is 11.3 Å². The first-order chi connectivity index (χ1) is 13.2. The van der Waals surface area contributed by atoms with Gasteiger partial charge in [-0.15, -0.1) is 11.8 Å². The molecule has 0 radical (unpaired) electrons. The van der Waals surface area contributed by atoms with Gasteiger partial charge in [0.2, 0.25) is 6.23 Å². The Labute approximate surface area is 161 Å². The molecule has 0 aromatic heterocycles. The average molecular weight is 372 g/mol. The lowest BCUT2D eigenvalue weighted by Crippen LogP contribution is -2.10. The van der Waals surface area contributed by atoms with E-state index >= 15 is 0 Å². The molecule has 0 fully saturated rings. The van der Waals surface area contributed by atoms with E-state index < -0.39 is 6.23 Å². The lowest BCUT2D eigenvalue weighted by atomic mass is 10.1. The molecule has 1 aliphatic heterocycles. The summed E-state index contributed by atoms with van der Waals surface area (Å²) in [5, 5.41) is 12.2. The summed E-state index contributed by atoms with van der Waals surface area (Å²) in [4.78, 5) is 13.1. The molecule has 1 N–H and O–H groups in total. The number of hydrogen-bond donors (Lipinski definition) is 1. The van der Waals surface area contributed by atoms with Crippen LogP contribution in [0.5, 0.6) is 0 Å². The summed E-state index contributed by atoms with van der Waals surface area (Å²) in [7, 11) is 0. The first-order valence-electron chi connectivity index (χ1n) is 8.52. The van der Waals surface area contributed by atoms with E-state index in [-0.39, 0.29) is 5.97 Å². The number of rotatable bonds is 5. The molecule has 0 saturated heterocycles. The summed E-state index contributed by atoms with van der Waals surface area (Å²) in [5.41, 5.74) is 4.19. The van der Waals surface area contributed by atoms with Gasteiger partial charge in [-0.2, -0.15) is 5.26 Å². The normalized spacial score (nSPS) is 14.9. The van der Waals surface area contributed by atoms with E-state index in [9.17, 15) is 4.79 Å². The molecule has 1 aliphatic rings. The molecule has 3 aromatic carbocycles. The van der Waals surface area contributed by atoms with E-state index in [4.69, 9.17) is 10.00 Å². The molecule has 4 rings (SSSR count). The maximum absolute atomic E-state index is 12.0. The van der Waals surface area contributed by atoms with Crippen molar-refractivity contribution in [3.63, 3.8) is 0 Å². The predicted molar refractivity (Wildman–Crippen MR) is 105 cm³/mol. The second-order valence-electron chi connectivity index (χ2n) is 6.11. The molecule has 1 heterocycles. The van der Waals surface area contributed by atoms with Gasteiger partial charge in [0.05, 0.1) is 22.9 Å². The van der Waals surface area contributed by atoms with Crippen LogP contribution in [-0.2, 0) is 10.5 Å².